The molecule has 0 saturated carbocycles. The molecule has 0 bridgehead atoms. The van der Waals surface area contributed by atoms with E-state index >= 15 is 0 Å². The fourth-order valence-electron chi connectivity index (χ4n) is 2.15. The second-order valence-electron chi connectivity index (χ2n) is 4.66. The van der Waals surface area contributed by atoms with E-state index in [1.807, 2.05) is 6.92 Å². The second-order valence-corrected chi connectivity index (χ2v) is 5.10. The molecule has 0 aliphatic carbocycles. The van der Waals surface area contributed by atoms with Gasteiger partial charge in [0.25, 0.3) is 0 Å². The van der Waals surface area contributed by atoms with Gasteiger partial charge < -0.3 is 0 Å². The third kappa shape index (κ3) is 3.33. The number of nitrogens with one attached hydrogen (secondary N) is 1. The summed E-state index contributed by atoms with van der Waals surface area (Å²) < 4.78 is 27.0. The van der Waals surface area contributed by atoms with Gasteiger partial charge in [0.1, 0.15) is 11.6 Å². The van der Waals surface area contributed by atoms with Crippen LogP contribution in [0.25, 0.3) is 0 Å². The Morgan fingerprint density at radius 2 is 1.95 bits per heavy atom. The van der Waals surface area contributed by atoms with Gasteiger partial charge in [0, 0.05) is 10.6 Å². The van der Waals surface area contributed by atoms with Crippen LogP contribution in [0.15, 0.2) is 36.4 Å². The number of nitrogens with two attached hydrogens (primary N) is 1. The molecular weight excluding hydrogens is 282 g/mol. The molecule has 20 heavy (non-hydrogen) atoms. The summed E-state index contributed by atoms with van der Waals surface area (Å²) in [5.41, 5.74) is 4.73. The lowest BCUT2D eigenvalue weighted by Crippen LogP contribution is -2.30. The van der Waals surface area contributed by atoms with Crippen LogP contribution in [0, 0.1) is 18.6 Å². The Hall–Kier alpha value is -1.49. The summed E-state index contributed by atoms with van der Waals surface area (Å²) >= 11 is 5.73. The molecule has 0 aliphatic rings. The number of hydrogen-bond donors (Lipinski definition) is 2. The molecule has 1 atom stereocenters. The average molecular weight is 297 g/mol. The molecule has 0 fully saturated rings. The van der Waals surface area contributed by atoms with Gasteiger partial charge in [-0.2, -0.15) is 0 Å². The first-order chi connectivity index (χ1) is 9.51. The summed E-state index contributed by atoms with van der Waals surface area (Å²) in [6, 6.07) is 8.57. The first kappa shape index (κ1) is 14.9. The van der Waals surface area contributed by atoms with Crippen LogP contribution in [-0.2, 0) is 6.42 Å². The van der Waals surface area contributed by atoms with Gasteiger partial charge in [0.15, 0.2) is 0 Å². The average Bonchev–Trinajstić information content (AvgIpc) is 2.39. The van der Waals surface area contributed by atoms with E-state index in [4.69, 9.17) is 17.4 Å². The monoisotopic (exact) mass is 296 g/mol. The SMILES string of the molecule is Cc1cc(F)ccc1CC(NN)c1ccc(Cl)cc1F. The van der Waals surface area contributed by atoms with Crippen molar-refractivity contribution in [1.29, 1.82) is 0 Å². The minimum Gasteiger partial charge on any atom is -0.271 e. The van der Waals surface area contributed by atoms with Gasteiger partial charge in [0.05, 0.1) is 6.04 Å². The van der Waals surface area contributed by atoms with Crippen LogP contribution in [0.5, 0.6) is 0 Å². The molecule has 1 unspecified atom stereocenters. The van der Waals surface area contributed by atoms with Crippen LogP contribution >= 0.6 is 11.6 Å². The Morgan fingerprint density at radius 1 is 1.20 bits per heavy atom. The molecule has 5 heteroatoms. The van der Waals surface area contributed by atoms with Crippen molar-refractivity contribution >= 4 is 11.6 Å². The molecule has 0 amide bonds. The molecule has 0 radical (unpaired) electrons. The van der Waals surface area contributed by atoms with Crippen LogP contribution in [0.4, 0.5) is 8.78 Å². The van der Waals surface area contributed by atoms with E-state index in [0.29, 0.717) is 17.0 Å². The topological polar surface area (TPSA) is 38.0 Å². The maximum atomic E-state index is 13.9. The maximum absolute atomic E-state index is 13.9. The van der Waals surface area contributed by atoms with Gasteiger partial charge in [-0.05, 0) is 48.7 Å². The highest BCUT2D eigenvalue weighted by Crippen LogP contribution is 2.24. The fraction of sp³-hybridized carbons (Fsp3) is 0.200. The zero-order valence-electron chi connectivity index (χ0n) is 11.0. The van der Waals surface area contributed by atoms with Gasteiger partial charge in [-0.1, -0.05) is 23.7 Å². The van der Waals surface area contributed by atoms with E-state index in [9.17, 15) is 8.78 Å². The van der Waals surface area contributed by atoms with Crippen LogP contribution < -0.4 is 11.3 Å². The van der Waals surface area contributed by atoms with Crippen molar-refractivity contribution in [2.45, 2.75) is 19.4 Å². The highest BCUT2D eigenvalue weighted by molar-refractivity contribution is 6.30. The van der Waals surface area contributed by atoms with Crippen LogP contribution in [0.3, 0.4) is 0 Å². The number of rotatable bonds is 4. The molecule has 106 valence electrons. The third-order valence-electron chi connectivity index (χ3n) is 3.27. The van der Waals surface area contributed by atoms with E-state index in [1.54, 1.807) is 18.2 Å². The van der Waals surface area contributed by atoms with Crippen molar-refractivity contribution in [3.8, 4) is 0 Å². The zero-order valence-corrected chi connectivity index (χ0v) is 11.7. The summed E-state index contributed by atoms with van der Waals surface area (Å²) in [5, 5.41) is 0.333. The van der Waals surface area contributed by atoms with E-state index in [2.05, 4.69) is 5.43 Å². The van der Waals surface area contributed by atoms with Crippen molar-refractivity contribution in [2.24, 2.45) is 5.84 Å². The Morgan fingerprint density at radius 3 is 2.55 bits per heavy atom. The molecule has 2 aromatic carbocycles. The molecule has 0 saturated heterocycles. The first-order valence-corrected chi connectivity index (χ1v) is 6.55. The number of hydrogen-bond acceptors (Lipinski definition) is 2. The van der Waals surface area contributed by atoms with E-state index in [-0.39, 0.29) is 5.82 Å². The van der Waals surface area contributed by atoms with E-state index in [1.165, 1.54) is 18.2 Å². The largest absolute Gasteiger partial charge is 0.271 e. The number of benzene rings is 2. The van der Waals surface area contributed by atoms with Gasteiger partial charge in [-0.15, -0.1) is 0 Å². The van der Waals surface area contributed by atoms with Gasteiger partial charge in [0.2, 0.25) is 0 Å². The highest BCUT2D eigenvalue weighted by Gasteiger charge is 2.16. The van der Waals surface area contributed by atoms with Crippen molar-refractivity contribution in [3.63, 3.8) is 0 Å². The van der Waals surface area contributed by atoms with Gasteiger partial charge >= 0.3 is 0 Å². The second kappa shape index (κ2) is 6.31. The Bertz CT molecular complexity index is 617. The number of aryl methyl sites for hydroxylation is 1. The molecule has 2 aromatic rings. The summed E-state index contributed by atoms with van der Waals surface area (Å²) in [6.07, 6.45) is 0.459. The van der Waals surface area contributed by atoms with E-state index < -0.39 is 11.9 Å². The molecule has 2 rings (SSSR count). The number of halogens is 3. The predicted octanol–water partition coefficient (Wildman–Crippen LogP) is 3.67. The summed E-state index contributed by atoms with van der Waals surface area (Å²) in [5.74, 6) is 4.81. The fourth-order valence-corrected chi connectivity index (χ4v) is 2.31. The minimum atomic E-state index is -0.416. The lowest BCUT2D eigenvalue weighted by molar-refractivity contribution is 0.509. The minimum absolute atomic E-state index is 0.291. The highest BCUT2D eigenvalue weighted by atomic mass is 35.5. The normalized spacial score (nSPS) is 12.4. The molecule has 0 aromatic heterocycles. The lowest BCUT2D eigenvalue weighted by Gasteiger charge is -2.18. The standard InChI is InChI=1S/C15H15ClF2N2/c1-9-6-12(17)4-2-10(9)7-15(20-19)13-5-3-11(16)8-14(13)18/h2-6,8,15,20H,7,19H2,1H3. The van der Waals surface area contributed by atoms with E-state index in [0.717, 1.165) is 11.1 Å². The summed E-state index contributed by atoms with van der Waals surface area (Å²) in [7, 11) is 0. The molecule has 2 nitrogen and oxygen atoms in total. The quantitative estimate of drug-likeness (QED) is 0.667. The first-order valence-electron chi connectivity index (χ1n) is 6.17. The Kier molecular flexibility index (Phi) is 4.70. The number of hydrazine groups is 1. The molecule has 0 spiro atoms. The van der Waals surface area contributed by atoms with Crippen LogP contribution in [0.2, 0.25) is 5.02 Å². The van der Waals surface area contributed by atoms with Crippen molar-refractivity contribution in [1.82, 2.24) is 5.43 Å². The molecular formula is C15H15ClF2N2. The molecule has 0 aliphatic heterocycles. The zero-order chi connectivity index (χ0) is 14.7. The van der Waals surface area contributed by atoms with Gasteiger partial charge in [-0.3, -0.25) is 11.3 Å². The van der Waals surface area contributed by atoms with Crippen molar-refractivity contribution in [2.75, 3.05) is 0 Å². The lowest BCUT2D eigenvalue weighted by atomic mass is 9.96. The van der Waals surface area contributed by atoms with Crippen LogP contribution in [0.1, 0.15) is 22.7 Å². The Labute approximate surface area is 121 Å². The molecule has 3 N–H and O–H groups in total. The Balaban J connectivity index is 2.28. The van der Waals surface area contributed by atoms with Crippen molar-refractivity contribution in [3.05, 3.63) is 69.7 Å². The third-order valence-corrected chi connectivity index (χ3v) is 3.50. The van der Waals surface area contributed by atoms with Crippen LogP contribution in [-0.4, -0.2) is 0 Å². The smallest absolute Gasteiger partial charge is 0.129 e. The summed E-state index contributed by atoms with van der Waals surface area (Å²) in [6.45, 7) is 1.81. The summed E-state index contributed by atoms with van der Waals surface area (Å²) in [4.78, 5) is 0. The van der Waals surface area contributed by atoms with Gasteiger partial charge in [-0.25, -0.2) is 8.78 Å². The van der Waals surface area contributed by atoms with Crippen molar-refractivity contribution < 1.29 is 8.78 Å². The predicted molar refractivity (Wildman–Crippen MR) is 76.3 cm³/mol. The maximum Gasteiger partial charge on any atom is 0.129 e. The molecule has 0 heterocycles.